The fourth-order valence-electron chi connectivity index (χ4n) is 4.24. The summed E-state index contributed by atoms with van der Waals surface area (Å²) in [5.41, 5.74) is 8.69. The van der Waals surface area contributed by atoms with Gasteiger partial charge in [-0.15, -0.1) is 0 Å². The third-order valence-corrected chi connectivity index (χ3v) is 7.13. The number of halogens is 1. The number of sulfonamides is 1. The van der Waals surface area contributed by atoms with Gasteiger partial charge in [0.05, 0.1) is 5.69 Å². The average molecular weight is 555 g/mol. The first-order valence-electron chi connectivity index (χ1n) is 11.7. The zero-order valence-electron chi connectivity index (χ0n) is 21.1. The van der Waals surface area contributed by atoms with Crippen LogP contribution in [0.3, 0.4) is 0 Å². The Morgan fingerprint density at radius 2 is 1.74 bits per heavy atom. The van der Waals surface area contributed by atoms with Crippen molar-refractivity contribution in [1.29, 1.82) is 0 Å². The Morgan fingerprint density at radius 3 is 2.46 bits per heavy atom. The molecule has 0 spiro atoms. The monoisotopic (exact) mass is 554 g/mol. The highest BCUT2D eigenvalue weighted by Gasteiger charge is 2.27. The first kappa shape index (κ1) is 25.9. The number of aromatic nitrogens is 2. The molecule has 0 radical (unpaired) electrons. The van der Waals surface area contributed by atoms with Crippen molar-refractivity contribution >= 4 is 21.7 Å². The first-order chi connectivity index (χ1) is 18.5. The molecule has 4 aromatic rings. The molecule has 1 aliphatic rings. The number of nitrogens with two attached hydrogens (primary N) is 1. The van der Waals surface area contributed by atoms with Crippen LogP contribution in [-0.4, -0.2) is 31.1 Å². The number of hydrogen-bond donors (Lipinski definition) is 2. The van der Waals surface area contributed by atoms with Crippen molar-refractivity contribution in [3.63, 3.8) is 0 Å². The van der Waals surface area contributed by atoms with Crippen LogP contribution in [-0.2, 0) is 10.0 Å². The molecule has 39 heavy (non-hydrogen) atoms. The van der Waals surface area contributed by atoms with Gasteiger partial charge in [0, 0.05) is 8.42 Å². The largest absolute Gasteiger partial charge is 0.453 e. The third kappa shape index (κ3) is 5.06. The molecule has 10 nitrogen and oxygen atoms in total. The van der Waals surface area contributed by atoms with Gasteiger partial charge in [0.15, 0.2) is 16.6 Å². The van der Waals surface area contributed by atoms with Gasteiger partial charge >= 0.3 is 0 Å². The van der Waals surface area contributed by atoms with E-state index in [-0.39, 0.29) is 44.1 Å². The number of fused-ring (bicyclic) bond motifs is 1. The van der Waals surface area contributed by atoms with Crippen molar-refractivity contribution in [2.75, 3.05) is 12.5 Å². The number of amides is 1. The molecule has 0 aliphatic carbocycles. The van der Waals surface area contributed by atoms with Gasteiger partial charge in [0.2, 0.25) is 18.4 Å². The zero-order chi connectivity index (χ0) is 27.9. The molecule has 0 atom stereocenters. The lowest BCUT2D eigenvalue weighted by Gasteiger charge is -2.16. The van der Waals surface area contributed by atoms with Crippen LogP contribution in [0.1, 0.15) is 29.9 Å². The molecule has 204 valence electrons. The molecule has 2 aromatic heterocycles. The number of hydrogen-bond acceptors (Lipinski definition) is 9. The van der Waals surface area contributed by atoms with Crippen molar-refractivity contribution < 1.29 is 34.7 Å². The second-order valence-corrected chi connectivity index (χ2v) is 10.5. The summed E-state index contributed by atoms with van der Waals surface area (Å²) in [7, 11) is -4.37. The maximum atomic E-state index is 14.2. The molecule has 0 saturated carbocycles. The highest BCUT2D eigenvalue weighted by molar-refractivity contribution is 7.90. The quantitative estimate of drug-likeness (QED) is 0.339. The summed E-state index contributed by atoms with van der Waals surface area (Å²) < 4.78 is 58.7. The van der Waals surface area contributed by atoms with Crippen LogP contribution >= 0.6 is 0 Å². The van der Waals surface area contributed by atoms with E-state index in [9.17, 15) is 17.6 Å². The molecule has 3 heterocycles. The van der Waals surface area contributed by atoms with Gasteiger partial charge in [0.25, 0.3) is 15.9 Å². The van der Waals surface area contributed by atoms with Crippen LogP contribution in [0.15, 0.2) is 59.6 Å². The van der Waals surface area contributed by atoms with Crippen LogP contribution in [0, 0.1) is 26.6 Å². The van der Waals surface area contributed by atoms with Crippen molar-refractivity contribution in [2.45, 2.75) is 25.8 Å². The number of nitrogens with zero attached hydrogens (tertiary/aromatic N) is 2. The molecule has 1 aliphatic heterocycles. The summed E-state index contributed by atoms with van der Waals surface area (Å²) in [5.74, 6) is -1.24. The van der Waals surface area contributed by atoms with E-state index in [1.54, 1.807) is 0 Å². The number of anilines is 1. The lowest BCUT2D eigenvalue weighted by Crippen LogP contribution is -2.31. The van der Waals surface area contributed by atoms with Crippen LogP contribution < -0.4 is 24.7 Å². The Labute approximate surface area is 226 Å². The van der Waals surface area contributed by atoms with Gasteiger partial charge in [-0.1, -0.05) is 23.8 Å². The first-order valence-corrected chi connectivity index (χ1v) is 13.2. The Morgan fingerprint density at radius 1 is 1.03 bits per heavy atom. The predicted molar refractivity (Wildman–Crippen MR) is 144 cm³/mol. The lowest BCUT2D eigenvalue weighted by atomic mass is 10.1. The maximum Gasteiger partial charge on any atom is 0.281 e. The Kier molecular flexibility index (Phi) is 6.56. The number of carbonyl (C=O) groups is 1. The van der Waals surface area contributed by atoms with Crippen molar-refractivity contribution in [3.8, 4) is 34.4 Å². The van der Waals surface area contributed by atoms with E-state index in [1.165, 1.54) is 42.5 Å². The number of aryl methyl sites for hydroxylation is 3. The molecule has 1 amide bonds. The summed E-state index contributed by atoms with van der Waals surface area (Å²) in [6.07, 6.45) is 0. The highest BCUT2D eigenvalue weighted by Crippen LogP contribution is 2.43. The summed E-state index contributed by atoms with van der Waals surface area (Å²) in [6, 6.07) is 13.3. The number of rotatable bonds is 6. The normalized spacial score (nSPS) is 12.3. The second kappa shape index (κ2) is 9.87. The van der Waals surface area contributed by atoms with Gasteiger partial charge in [-0.2, -0.15) is 8.42 Å². The number of nitrogen functional groups attached to an aromatic ring is 1. The van der Waals surface area contributed by atoms with Crippen LogP contribution in [0.2, 0.25) is 0 Å². The van der Waals surface area contributed by atoms with Gasteiger partial charge < -0.3 is 19.9 Å². The van der Waals surface area contributed by atoms with E-state index in [0.29, 0.717) is 11.3 Å². The van der Waals surface area contributed by atoms with Gasteiger partial charge in [0.1, 0.15) is 17.1 Å². The standard InChI is InChI=1S/C27H23FN4O6S.2H2/c1-14-11-15(2)23(16(3)12-14)38-27-18(26(33)32-39(34,35)22-6-4-5-21(29)31-22)8-10-20(30-27)17-7-9-19(28)25-24(17)36-13-37-25;;/h4-12H,13H2,1-3H3,(H2,29,31)(H,32,33);2*1H. The van der Waals surface area contributed by atoms with Crippen LogP contribution in [0.5, 0.6) is 23.1 Å². The van der Waals surface area contributed by atoms with Crippen LogP contribution in [0.25, 0.3) is 11.3 Å². The molecule has 0 saturated heterocycles. The highest BCUT2D eigenvalue weighted by atomic mass is 32.2. The molecular formula is C27H27FN4O6S. The molecule has 12 heteroatoms. The summed E-state index contributed by atoms with van der Waals surface area (Å²) >= 11 is 0. The maximum absolute atomic E-state index is 14.2. The topological polar surface area (TPSA) is 143 Å². The van der Waals surface area contributed by atoms with E-state index < -0.39 is 26.8 Å². The van der Waals surface area contributed by atoms with E-state index in [1.807, 2.05) is 37.6 Å². The van der Waals surface area contributed by atoms with Gasteiger partial charge in [-0.25, -0.2) is 19.1 Å². The van der Waals surface area contributed by atoms with E-state index in [4.69, 9.17) is 19.9 Å². The van der Waals surface area contributed by atoms with Crippen molar-refractivity contribution in [2.24, 2.45) is 0 Å². The molecular weight excluding hydrogens is 527 g/mol. The van der Waals surface area contributed by atoms with Crippen molar-refractivity contribution in [3.05, 3.63) is 82.7 Å². The fourth-order valence-corrected chi connectivity index (χ4v) is 5.18. The average Bonchev–Trinajstić information content (AvgIpc) is 3.37. The van der Waals surface area contributed by atoms with Crippen LogP contribution in [0.4, 0.5) is 10.2 Å². The van der Waals surface area contributed by atoms with E-state index in [0.717, 1.165) is 16.7 Å². The Hall–Kier alpha value is -4.71. The minimum Gasteiger partial charge on any atom is -0.453 e. The predicted octanol–water partition coefficient (Wildman–Crippen LogP) is 4.92. The van der Waals surface area contributed by atoms with E-state index >= 15 is 0 Å². The third-order valence-electron chi connectivity index (χ3n) is 5.90. The van der Waals surface area contributed by atoms with E-state index in [2.05, 4.69) is 9.97 Å². The number of pyridine rings is 2. The minimum absolute atomic E-state index is 0. The SMILES string of the molecule is Cc1cc(C)c(Oc2nc(-c3ccc(F)c4c3OCO4)ccc2C(=O)NS(=O)(=O)c2cccc(N)n2)c(C)c1.[HH].[HH]. The Bertz CT molecular complexity index is 1730. The molecule has 2 aromatic carbocycles. The fraction of sp³-hybridized carbons (Fsp3) is 0.148. The molecule has 0 bridgehead atoms. The van der Waals surface area contributed by atoms with Crippen molar-refractivity contribution in [1.82, 2.24) is 14.7 Å². The lowest BCUT2D eigenvalue weighted by molar-refractivity contribution is 0.0978. The smallest absolute Gasteiger partial charge is 0.281 e. The summed E-state index contributed by atoms with van der Waals surface area (Å²) in [4.78, 5) is 21.6. The zero-order valence-corrected chi connectivity index (χ0v) is 21.9. The second-order valence-electron chi connectivity index (χ2n) is 8.87. The Balaban J connectivity index is 0.00000231. The van der Waals surface area contributed by atoms with Gasteiger partial charge in [-0.3, -0.25) is 4.79 Å². The van der Waals surface area contributed by atoms with Gasteiger partial charge in [-0.05, 0) is 68.3 Å². The number of ether oxygens (including phenoxy) is 3. The number of carbonyl (C=O) groups excluding carboxylic acids is 1. The number of benzene rings is 2. The summed E-state index contributed by atoms with van der Waals surface area (Å²) in [5, 5.41) is -0.424. The number of nitrogens with one attached hydrogen (secondary N) is 1. The summed E-state index contributed by atoms with van der Waals surface area (Å²) in [6.45, 7) is 5.46. The molecule has 3 N–H and O–H groups in total. The molecule has 0 unspecified atom stereocenters. The molecule has 5 rings (SSSR count). The minimum atomic E-state index is -4.37. The molecule has 0 fully saturated rings.